The maximum Gasteiger partial charge on any atom is 0.309 e. The number of ether oxygens (including phenoxy) is 2. The number of carbonyl (C=O) groups is 2. The molecule has 98 valence electrons. The van der Waals surface area contributed by atoms with E-state index in [9.17, 15) is 9.59 Å². The van der Waals surface area contributed by atoms with E-state index in [2.05, 4.69) is 0 Å². The molecule has 4 heteroatoms. The van der Waals surface area contributed by atoms with Gasteiger partial charge in [0.25, 0.3) is 0 Å². The lowest BCUT2D eigenvalue weighted by Gasteiger charge is -2.20. The molecule has 0 amide bonds. The zero-order valence-electron chi connectivity index (χ0n) is 10.7. The average Bonchev–Trinajstić information content (AvgIpc) is 2.79. The maximum atomic E-state index is 11.8. The van der Waals surface area contributed by atoms with Gasteiger partial charge in [-0.25, -0.2) is 0 Å². The molecule has 0 bridgehead atoms. The molecule has 4 nitrogen and oxygen atoms in total. The Morgan fingerprint density at radius 2 is 1.71 bits per heavy atom. The van der Waals surface area contributed by atoms with Gasteiger partial charge < -0.3 is 9.47 Å². The summed E-state index contributed by atoms with van der Waals surface area (Å²) in [5, 5.41) is 0. The molecule has 0 aromatic rings. The number of rotatable bonds is 6. The van der Waals surface area contributed by atoms with Crippen LogP contribution in [0.2, 0.25) is 0 Å². The van der Waals surface area contributed by atoms with Gasteiger partial charge in [-0.05, 0) is 32.6 Å². The van der Waals surface area contributed by atoms with Crippen molar-refractivity contribution in [3.63, 3.8) is 0 Å². The van der Waals surface area contributed by atoms with Gasteiger partial charge in [0.05, 0.1) is 25.6 Å². The molecule has 1 aliphatic carbocycles. The van der Waals surface area contributed by atoms with Gasteiger partial charge in [0.15, 0.2) is 0 Å². The third-order valence-electron chi connectivity index (χ3n) is 3.25. The lowest BCUT2D eigenvalue weighted by Crippen LogP contribution is -2.27. The standard InChI is InChI=1S/C13H22O4/c1-3-16-12(14)9-11(13(15)17-4-2)10-7-5-6-8-10/h10-11H,3-9H2,1-2H3. The molecule has 0 aromatic heterocycles. The van der Waals surface area contributed by atoms with E-state index in [1.54, 1.807) is 13.8 Å². The van der Waals surface area contributed by atoms with Crippen molar-refractivity contribution in [1.82, 2.24) is 0 Å². The Balaban J connectivity index is 2.57. The average molecular weight is 242 g/mol. The van der Waals surface area contributed by atoms with Crippen LogP contribution in [0.5, 0.6) is 0 Å². The van der Waals surface area contributed by atoms with Gasteiger partial charge in [0.1, 0.15) is 0 Å². The minimum absolute atomic E-state index is 0.164. The molecule has 0 heterocycles. The van der Waals surface area contributed by atoms with Gasteiger partial charge >= 0.3 is 11.9 Å². The minimum atomic E-state index is -0.309. The third-order valence-corrected chi connectivity index (χ3v) is 3.25. The smallest absolute Gasteiger partial charge is 0.309 e. The number of hydrogen-bond acceptors (Lipinski definition) is 4. The van der Waals surface area contributed by atoms with Crippen LogP contribution in [-0.4, -0.2) is 25.2 Å². The van der Waals surface area contributed by atoms with Gasteiger partial charge in [-0.15, -0.1) is 0 Å². The lowest BCUT2D eigenvalue weighted by atomic mass is 9.88. The molecule has 1 aliphatic rings. The monoisotopic (exact) mass is 242 g/mol. The van der Waals surface area contributed by atoms with Crippen molar-refractivity contribution in [2.75, 3.05) is 13.2 Å². The fraction of sp³-hybridized carbons (Fsp3) is 0.846. The Morgan fingerprint density at radius 1 is 1.12 bits per heavy atom. The van der Waals surface area contributed by atoms with Crippen LogP contribution in [-0.2, 0) is 19.1 Å². The van der Waals surface area contributed by atoms with Crippen LogP contribution < -0.4 is 0 Å². The highest BCUT2D eigenvalue weighted by atomic mass is 16.5. The number of hydrogen-bond donors (Lipinski definition) is 0. The van der Waals surface area contributed by atoms with Crippen LogP contribution in [0.1, 0.15) is 46.0 Å². The summed E-state index contributed by atoms with van der Waals surface area (Å²) in [6.45, 7) is 4.28. The zero-order chi connectivity index (χ0) is 12.7. The quantitative estimate of drug-likeness (QED) is 0.671. The largest absolute Gasteiger partial charge is 0.466 e. The summed E-state index contributed by atoms with van der Waals surface area (Å²) < 4.78 is 9.96. The molecular formula is C13H22O4. The highest BCUT2D eigenvalue weighted by Gasteiger charge is 2.33. The molecule has 1 rings (SSSR count). The summed E-state index contributed by atoms with van der Waals surface area (Å²) in [6.07, 6.45) is 4.48. The van der Waals surface area contributed by atoms with Crippen LogP contribution in [0.3, 0.4) is 0 Å². The molecule has 0 spiro atoms. The molecule has 0 aliphatic heterocycles. The molecule has 1 saturated carbocycles. The Morgan fingerprint density at radius 3 is 2.24 bits per heavy atom. The van der Waals surface area contributed by atoms with E-state index in [0.717, 1.165) is 25.7 Å². The van der Waals surface area contributed by atoms with E-state index < -0.39 is 0 Å². The Labute approximate surface area is 103 Å². The first kappa shape index (κ1) is 14.0. The summed E-state index contributed by atoms with van der Waals surface area (Å²) >= 11 is 0. The number of esters is 2. The van der Waals surface area contributed by atoms with Crippen LogP contribution in [0, 0.1) is 11.8 Å². The van der Waals surface area contributed by atoms with Crippen molar-refractivity contribution in [2.24, 2.45) is 11.8 Å². The SMILES string of the molecule is CCOC(=O)CC(C(=O)OCC)C1CCCC1. The minimum Gasteiger partial charge on any atom is -0.466 e. The first-order valence-electron chi connectivity index (χ1n) is 6.51. The van der Waals surface area contributed by atoms with Gasteiger partial charge in [-0.3, -0.25) is 9.59 Å². The second-order valence-electron chi connectivity index (χ2n) is 4.41. The molecule has 1 atom stereocenters. The molecule has 0 saturated heterocycles. The van der Waals surface area contributed by atoms with Crippen LogP contribution in [0.4, 0.5) is 0 Å². The molecule has 0 aromatic carbocycles. The van der Waals surface area contributed by atoms with E-state index in [4.69, 9.17) is 9.47 Å². The van der Waals surface area contributed by atoms with Crippen LogP contribution in [0.15, 0.2) is 0 Å². The summed E-state index contributed by atoms with van der Waals surface area (Å²) in [5.41, 5.74) is 0. The van der Waals surface area contributed by atoms with Gasteiger partial charge in [0.2, 0.25) is 0 Å². The highest BCUT2D eigenvalue weighted by molar-refractivity contribution is 5.80. The van der Waals surface area contributed by atoms with Crippen molar-refractivity contribution in [3.8, 4) is 0 Å². The first-order valence-corrected chi connectivity index (χ1v) is 6.51. The van der Waals surface area contributed by atoms with E-state index in [-0.39, 0.29) is 24.3 Å². The van der Waals surface area contributed by atoms with Gasteiger partial charge in [0, 0.05) is 0 Å². The molecular weight excluding hydrogens is 220 g/mol. The highest BCUT2D eigenvalue weighted by Crippen LogP contribution is 2.34. The summed E-state index contributed by atoms with van der Waals surface area (Å²) in [5.74, 6) is -0.556. The van der Waals surface area contributed by atoms with Gasteiger partial charge in [-0.1, -0.05) is 12.8 Å². The van der Waals surface area contributed by atoms with Crippen molar-refractivity contribution >= 4 is 11.9 Å². The van der Waals surface area contributed by atoms with Crippen LogP contribution in [0.25, 0.3) is 0 Å². The van der Waals surface area contributed by atoms with E-state index in [1.807, 2.05) is 0 Å². The van der Waals surface area contributed by atoms with E-state index in [0.29, 0.717) is 19.1 Å². The molecule has 1 fully saturated rings. The predicted octanol–water partition coefficient (Wildman–Crippen LogP) is 2.31. The second kappa shape index (κ2) is 7.30. The van der Waals surface area contributed by atoms with E-state index >= 15 is 0 Å². The van der Waals surface area contributed by atoms with Crippen molar-refractivity contribution in [3.05, 3.63) is 0 Å². The van der Waals surface area contributed by atoms with Crippen LogP contribution >= 0.6 is 0 Å². The predicted molar refractivity (Wildman–Crippen MR) is 63.3 cm³/mol. The summed E-state index contributed by atoms with van der Waals surface area (Å²) in [6, 6.07) is 0. The van der Waals surface area contributed by atoms with Crippen molar-refractivity contribution < 1.29 is 19.1 Å². The first-order chi connectivity index (χ1) is 8.19. The summed E-state index contributed by atoms with van der Waals surface area (Å²) in [7, 11) is 0. The Hall–Kier alpha value is -1.06. The fourth-order valence-electron chi connectivity index (χ4n) is 2.45. The number of carbonyl (C=O) groups excluding carboxylic acids is 2. The topological polar surface area (TPSA) is 52.6 Å². The molecule has 1 unspecified atom stereocenters. The normalized spacial score (nSPS) is 17.8. The molecule has 0 radical (unpaired) electrons. The zero-order valence-corrected chi connectivity index (χ0v) is 10.7. The molecule has 17 heavy (non-hydrogen) atoms. The van der Waals surface area contributed by atoms with E-state index in [1.165, 1.54) is 0 Å². The molecule has 0 N–H and O–H groups in total. The Kier molecular flexibility index (Phi) is 6.01. The van der Waals surface area contributed by atoms with Gasteiger partial charge in [-0.2, -0.15) is 0 Å². The lowest BCUT2D eigenvalue weighted by molar-refractivity contribution is -0.156. The second-order valence-corrected chi connectivity index (χ2v) is 4.41. The third kappa shape index (κ3) is 4.36. The summed E-state index contributed by atoms with van der Waals surface area (Å²) in [4.78, 5) is 23.3. The van der Waals surface area contributed by atoms with Crippen molar-refractivity contribution in [1.29, 1.82) is 0 Å². The fourth-order valence-corrected chi connectivity index (χ4v) is 2.45. The Bertz CT molecular complexity index is 256. The maximum absolute atomic E-state index is 11.8. The van der Waals surface area contributed by atoms with Crippen molar-refractivity contribution in [2.45, 2.75) is 46.0 Å².